The van der Waals surface area contributed by atoms with Crippen LogP contribution in [0.2, 0.25) is 0 Å². The van der Waals surface area contributed by atoms with Crippen LogP contribution in [0.25, 0.3) is 28.2 Å². The Kier molecular flexibility index (Phi) is 4.72. The Bertz CT molecular complexity index is 1180. The third-order valence-corrected chi connectivity index (χ3v) is 5.72. The van der Waals surface area contributed by atoms with E-state index in [1.165, 1.54) is 0 Å². The number of anilines is 1. The minimum atomic E-state index is -0.0643. The smallest absolute Gasteiger partial charge is 0.137 e. The summed E-state index contributed by atoms with van der Waals surface area (Å²) in [6.07, 6.45) is 4.95. The normalized spacial score (nSPS) is 16.4. The van der Waals surface area contributed by atoms with Gasteiger partial charge >= 0.3 is 0 Å². The van der Waals surface area contributed by atoms with Crippen LogP contribution in [0.5, 0.6) is 0 Å². The molecule has 5 heterocycles. The summed E-state index contributed by atoms with van der Waals surface area (Å²) in [4.78, 5) is 9.39. The highest BCUT2D eigenvalue weighted by Crippen LogP contribution is 2.31. The van der Waals surface area contributed by atoms with E-state index in [0.717, 1.165) is 70.4 Å². The maximum absolute atomic E-state index is 9.96. The van der Waals surface area contributed by atoms with Gasteiger partial charge in [0.15, 0.2) is 0 Å². The number of imidazole rings is 1. The number of aliphatic hydroxyl groups is 1. The second-order valence-corrected chi connectivity index (χ2v) is 7.79. The lowest BCUT2D eigenvalue weighted by molar-refractivity contribution is 0.282. The molecule has 4 N–H and O–H groups in total. The van der Waals surface area contributed by atoms with Crippen molar-refractivity contribution in [1.29, 1.82) is 0 Å². The highest BCUT2D eigenvalue weighted by atomic mass is 16.3. The van der Waals surface area contributed by atoms with Crippen molar-refractivity contribution >= 4 is 11.5 Å². The van der Waals surface area contributed by atoms with Gasteiger partial charge in [-0.15, -0.1) is 0 Å². The first-order valence-corrected chi connectivity index (χ1v) is 10.2. The number of H-pyrrole nitrogens is 1. The van der Waals surface area contributed by atoms with Crippen LogP contribution >= 0.6 is 0 Å². The lowest BCUT2D eigenvalue weighted by Gasteiger charge is -2.13. The number of nitrogens with one attached hydrogen (secondary N) is 3. The molecular formula is C22H25N7O. The van der Waals surface area contributed by atoms with Gasteiger partial charge in [-0.25, -0.2) is 9.97 Å². The average Bonchev–Trinajstić information content (AvgIpc) is 3.48. The molecule has 4 aromatic rings. The molecule has 5 rings (SSSR count). The van der Waals surface area contributed by atoms with Gasteiger partial charge in [0, 0.05) is 35.6 Å². The summed E-state index contributed by atoms with van der Waals surface area (Å²) in [5.41, 5.74) is 7.18. The van der Waals surface area contributed by atoms with E-state index in [9.17, 15) is 5.11 Å². The van der Waals surface area contributed by atoms with E-state index >= 15 is 0 Å². The van der Waals surface area contributed by atoms with Gasteiger partial charge in [-0.3, -0.25) is 9.50 Å². The Labute approximate surface area is 174 Å². The maximum Gasteiger partial charge on any atom is 0.137 e. The molecule has 0 saturated carbocycles. The van der Waals surface area contributed by atoms with Crippen LogP contribution in [0.1, 0.15) is 23.4 Å². The topological polar surface area (TPSA) is 103 Å². The first-order chi connectivity index (χ1) is 14.6. The van der Waals surface area contributed by atoms with Crippen molar-refractivity contribution in [2.24, 2.45) is 0 Å². The zero-order valence-electron chi connectivity index (χ0n) is 17.1. The Hall–Kier alpha value is -3.23. The molecule has 154 valence electrons. The number of hydrogen-bond donors (Lipinski definition) is 4. The van der Waals surface area contributed by atoms with Gasteiger partial charge in [-0.05, 0) is 50.6 Å². The minimum Gasteiger partial charge on any atom is -0.392 e. The largest absolute Gasteiger partial charge is 0.392 e. The fourth-order valence-electron chi connectivity index (χ4n) is 4.20. The van der Waals surface area contributed by atoms with Crippen LogP contribution < -0.4 is 10.6 Å². The number of aromatic nitrogens is 5. The number of hydrogen-bond acceptors (Lipinski definition) is 6. The number of rotatable bonds is 5. The van der Waals surface area contributed by atoms with Crippen molar-refractivity contribution in [2.45, 2.75) is 32.9 Å². The van der Waals surface area contributed by atoms with E-state index in [2.05, 4.69) is 25.8 Å². The van der Waals surface area contributed by atoms with E-state index in [1.807, 2.05) is 54.9 Å². The molecule has 0 amide bonds. The second kappa shape index (κ2) is 7.55. The van der Waals surface area contributed by atoms with Crippen LogP contribution in [-0.4, -0.2) is 48.8 Å². The number of nitrogens with zero attached hydrogens (tertiary/aromatic N) is 4. The average molecular weight is 403 g/mol. The van der Waals surface area contributed by atoms with Gasteiger partial charge in [0.25, 0.3) is 0 Å². The van der Waals surface area contributed by atoms with Gasteiger partial charge in [0.05, 0.1) is 29.9 Å². The molecular weight excluding hydrogens is 378 g/mol. The molecule has 8 heteroatoms. The second-order valence-electron chi connectivity index (χ2n) is 7.79. The van der Waals surface area contributed by atoms with Crippen molar-refractivity contribution in [3.8, 4) is 22.5 Å². The van der Waals surface area contributed by atoms with E-state index in [1.54, 1.807) is 0 Å². The highest BCUT2D eigenvalue weighted by Gasteiger charge is 2.18. The Morgan fingerprint density at radius 3 is 2.93 bits per heavy atom. The predicted octanol–water partition coefficient (Wildman–Crippen LogP) is 2.67. The van der Waals surface area contributed by atoms with E-state index < -0.39 is 0 Å². The number of aryl methyl sites for hydroxylation is 2. The molecule has 1 saturated heterocycles. The Morgan fingerprint density at radius 1 is 1.30 bits per heavy atom. The van der Waals surface area contributed by atoms with Crippen molar-refractivity contribution in [3.63, 3.8) is 0 Å². The highest BCUT2D eigenvalue weighted by molar-refractivity contribution is 5.74. The first-order valence-electron chi connectivity index (χ1n) is 10.2. The summed E-state index contributed by atoms with van der Waals surface area (Å²) >= 11 is 0. The predicted molar refractivity (Wildman–Crippen MR) is 116 cm³/mol. The van der Waals surface area contributed by atoms with Gasteiger partial charge in [-0.1, -0.05) is 6.07 Å². The van der Waals surface area contributed by atoms with Crippen molar-refractivity contribution in [2.75, 3.05) is 18.4 Å². The monoisotopic (exact) mass is 403 g/mol. The molecule has 4 aromatic heterocycles. The molecule has 1 aliphatic rings. The number of aromatic amines is 1. The minimum absolute atomic E-state index is 0.0643. The fraction of sp³-hybridized carbons (Fsp3) is 0.318. The summed E-state index contributed by atoms with van der Waals surface area (Å²) in [5, 5.41) is 24.2. The summed E-state index contributed by atoms with van der Waals surface area (Å²) in [7, 11) is 0. The summed E-state index contributed by atoms with van der Waals surface area (Å²) in [6, 6.07) is 8.34. The zero-order valence-corrected chi connectivity index (χ0v) is 17.1. The molecule has 1 aliphatic heterocycles. The zero-order chi connectivity index (χ0) is 20.7. The van der Waals surface area contributed by atoms with E-state index in [4.69, 9.17) is 4.98 Å². The molecule has 0 aromatic carbocycles. The van der Waals surface area contributed by atoms with E-state index in [-0.39, 0.29) is 6.61 Å². The summed E-state index contributed by atoms with van der Waals surface area (Å²) < 4.78 is 2.03. The molecule has 0 radical (unpaired) electrons. The summed E-state index contributed by atoms with van der Waals surface area (Å²) in [6.45, 7) is 5.88. The third kappa shape index (κ3) is 3.24. The lowest BCUT2D eigenvalue weighted by atomic mass is 10.0. The summed E-state index contributed by atoms with van der Waals surface area (Å²) in [5.74, 6) is 0.866. The number of pyridine rings is 2. The number of fused-ring (bicyclic) bond motifs is 1. The van der Waals surface area contributed by atoms with Crippen LogP contribution in [-0.2, 0) is 6.61 Å². The molecule has 8 nitrogen and oxygen atoms in total. The standard InChI is InChI=1S/C22H25N7O/c1-13-22(14(2)28-27-13)17-11-29-19(10-24-21(29)8-15(17)12-30)18-4-3-5-20(26-18)25-16-6-7-23-9-16/h3-5,8,10-11,16,23,30H,6-7,9,12H2,1-2H3,(H,25,26)(H,27,28). The van der Waals surface area contributed by atoms with Gasteiger partial charge in [-0.2, -0.15) is 5.10 Å². The maximum atomic E-state index is 9.96. The molecule has 0 spiro atoms. The van der Waals surface area contributed by atoms with Crippen LogP contribution in [0, 0.1) is 13.8 Å². The molecule has 1 fully saturated rings. The van der Waals surface area contributed by atoms with Crippen molar-refractivity contribution in [1.82, 2.24) is 29.9 Å². The van der Waals surface area contributed by atoms with Crippen molar-refractivity contribution < 1.29 is 5.11 Å². The Balaban J connectivity index is 1.60. The molecule has 30 heavy (non-hydrogen) atoms. The van der Waals surface area contributed by atoms with Gasteiger partial charge < -0.3 is 15.7 Å². The van der Waals surface area contributed by atoms with Crippen LogP contribution in [0.15, 0.2) is 36.7 Å². The van der Waals surface area contributed by atoms with Crippen LogP contribution in [0.4, 0.5) is 5.82 Å². The lowest BCUT2D eigenvalue weighted by Crippen LogP contribution is -2.22. The third-order valence-electron chi connectivity index (χ3n) is 5.72. The van der Waals surface area contributed by atoms with Gasteiger partial charge in [0.1, 0.15) is 11.5 Å². The van der Waals surface area contributed by atoms with Crippen molar-refractivity contribution in [3.05, 3.63) is 53.6 Å². The first kappa shape index (κ1) is 18.8. The SMILES string of the molecule is Cc1n[nH]c(C)c1-c1cn2c(-c3cccc(NC4CCNC4)n3)cnc2cc1CO. The number of aliphatic hydroxyl groups excluding tert-OH is 1. The van der Waals surface area contributed by atoms with Crippen LogP contribution in [0.3, 0.4) is 0 Å². The fourth-order valence-corrected chi connectivity index (χ4v) is 4.20. The Morgan fingerprint density at radius 2 is 2.20 bits per heavy atom. The van der Waals surface area contributed by atoms with E-state index in [0.29, 0.717) is 6.04 Å². The van der Waals surface area contributed by atoms with Gasteiger partial charge in [0.2, 0.25) is 0 Å². The molecule has 0 aliphatic carbocycles. The molecule has 0 bridgehead atoms. The molecule has 1 unspecified atom stereocenters. The quantitative estimate of drug-likeness (QED) is 0.409. The molecule has 1 atom stereocenters.